The standard InChI is InChI=1S/C14H21BrN2O.ClH/c1-10(9-16-3)14(18)17-11(2)8-12-6-4-5-7-13(12)15;/h4-7,10-11,16H,8-9H2,1-3H3,(H,17,18);1H. The Bertz CT molecular complexity index is 401. The number of benzene rings is 1. The highest BCUT2D eigenvalue weighted by Gasteiger charge is 2.15. The summed E-state index contributed by atoms with van der Waals surface area (Å²) in [7, 11) is 1.86. The number of amides is 1. The van der Waals surface area contributed by atoms with E-state index in [0.717, 1.165) is 10.9 Å². The summed E-state index contributed by atoms with van der Waals surface area (Å²) in [4.78, 5) is 11.9. The van der Waals surface area contributed by atoms with E-state index in [-0.39, 0.29) is 30.3 Å². The van der Waals surface area contributed by atoms with E-state index < -0.39 is 0 Å². The summed E-state index contributed by atoms with van der Waals surface area (Å²) in [5.41, 5.74) is 1.21. The lowest BCUT2D eigenvalue weighted by atomic mass is 10.1. The summed E-state index contributed by atoms with van der Waals surface area (Å²) in [6.07, 6.45) is 0.833. The van der Waals surface area contributed by atoms with Crippen LogP contribution in [0.2, 0.25) is 0 Å². The Balaban J connectivity index is 0.00000324. The molecular weight excluding hydrogens is 328 g/mol. The van der Waals surface area contributed by atoms with Crippen LogP contribution < -0.4 is 10.6 Å². The molecule has 0 bridgehead atoms. The summed E-state index contributed by atoms with van der Waals surface area (Å²) < 4.78 is 1.09. The molecule has 0 aromatic heterocycles. The number of halogens is 2. The molecule has 0 spiro atoms. The van der Waals surface area contributed by atoms with Gasteiger partial charge >= 0.3 is 0 Å². The van der Waals surface area contributed by atoms with Crippen molar-refractivity contribution in [3.05, 3.63) is 34.3 Å². The lowest BCUT2D eigenvalue weighted by molar-refractivity contribution is -0.124. The predicted molar refractivity (Wildman–Crippen MR) is 85.8 cm³/mol. The summed E-state index contributed by atoms with van der Waals surface area (Å²) in [6, 6.07) is 8.23. The molecule has 0 fully saturated rings. The molecule has 108 valence electrons. The third-order valence-corrected chi connectivity index (χ3v) is 3.60. The number of carbonyl (C=O) groups is 1. The van der Waals surface area contributed by atoms with Crippen molar-refractivity contribution in [3.8, 4) is 0 Å². The molecule has 3 nitrogen and oxygen atoms in total. The molecule has 0 aliphatic heterocycles. The minimum Gasteiger partial charge on any atom is -0.353 e. The van der Waals surface area contributed by atoms with E-state index >= 15 is 0 Å². The average molecular weight is 350 g/mol. The zero-order chi connectivity index (χ0) is 13.5. The SMILES string of the molecule is CNCC(C)C(=O)NC(C)Cc1ccccc1Br.Cl. The van der Waals surface area contributed by atoms with Gasteiger partial charge < -0.3 is 10.6 Å². The van der Waals surface area contributed by atoms with E-state index in [4.69, 9.17) is 0 Å². The average Bonchev–Trinajstić information content (AvgIpc) is 2.32. The summed E-state index contributed by atoms with van der Waals surface area (Å²) in [5.74, 6) is 0.0977. The van der Waals surface area contributed by atoms with Gasteiger partial charge in [-0.3, -0.25) is 4.79 Å². The molecule has 1 aromatic rings. The lowest BCUT2D eigenvalue weighted by Gasteiger charge is -2.18. The van der Waals surface area contributed by atoms with Crippen molar-refractivity contribution < 1.29 is 4.79 Å². The van der Waals surface area contributed by atoms with E-state index in [0.29, 0.717) is 6.54 Å². The van der Waals surface area contributed by atoms with Gasteiger partial charge in [-0.1, -0.05) is 41.1 Å². The first-order valence-corrected chi connectivity index (χ1v) is 7.02. The van der Waals surface area contributed by atoms with Crippen LogP contribution in [0, 0.1) is 5.92 Å². The second-order valence-corrected chi connectivity index (χ2v) is 5.52. The minimum absolute atomic E-state index is 0. The first-order valence-electron chi connectivity index (χ1n) is 6.23. The second kappa shape index (κ2) is 9.34. The smallest absolute Gasteiger partial charge is 0.224 e. The van der Waals surface area contributed by atoms with E-state index in [9.17, 15) is 4.79 Å². The van der Waals surface area contributed by atoms with Gasteiger partial charge in [0.2, 0.25) is 5.91 Å². The number of carbonyl (C=O) groups excluding carboxylic acids is 1. The van der Waals surface area contributed by atoms with E-state index in [1.165, 1.54) is 5.56 Å². The van der Waals surface area contributed by atoms with Crippen molar-refractivity contribution in [3.63, 3.8) is 0 Å². The van der Waals surface area contributed by atoms with Crippen molar-refractivity contribution in [2.24, 2.45) is 5.92 Å². The normalized spacial score (nSPS) is 13.3. The fourth-order valence-electron chi connectivity index (χ4n) is 1.83. The zero-order valence-electron chi connectivity index (χ0n) is 11.6. The summed E-state index contributed by atoms with van der Waals surface area (Å²) in [6.45, 7) is 4.66. The van der Waals surface area contributed by atoms with Crippen LogP contribution in [0.25, 0.3) is 0 Å². The quantitative estimate of drug-likeness (QED) is 0.829. The Morgan fingerprint density at radius 1 is 1.32 bits per heavy atom. The number of nitrogens with one attached hydrogen (secondary N) is 2. The van der Waals surface area contributed by atoms with Crippen LogP contribution in [0.3, 0.4) is 0 Å². The highest BCUT2D eigenvalue weighted by atomic mass is 79.9. The highest BCUT2D eigenvalue weighted by molar-refractivity contribution is 9.10. The Morgan fingerprint density at radius 2 is 1.95 bits per heavy atom. The first kappa shape index (κ1) is 18.4. The molecule has 0 radical (unpaired) electrons. The number of hydrogen-bond acceptors (Lipinski definition) is 2. The van der Waals surface area contributed by atoms with Crippen molar-refractivity contribution in [2.75, 3.05) is 13.6 Å². The topological polar surface area (TPSA) is 41.1 Å². The monoisotopic (exact) mass is 348 g/mol. The molecule has 1 amide bonds. The molecule has 0 saturated carbocycles. The highest BCUT2D eigenvalue weighted by Crippen LogP contribution is 2.17. The molecule has 0 heterocycles. The summed E-state index contributed by atoms with van der Waals surface area (Å²) >= 11 is 3.52. The van der Waals surface area contributed by atoms with E-state index in [1.54, 1.807) is 0 Å². The molecular formula is C14H22BrClN2O. The van der Waals surface area contributed by atoms with Crippen molar-refractivity contribution in [1.82, 2.24) is 10.6 Å². The molecule has 0 saturated heterocycles. The Labute approximate surface area is 130 Å². The maximum atomic E-state index is 11.9. The van der Waals surface area contributed by atoms with Gasteiger partial charge in [0, 0.05) is 23.0 Å². The Kier molecular flexibility index (Phi) is 9.06. The van der Waals surface area contributed by atoms with Gasteiger partial charge in [0.05, 0.1) is 0 Å². The molecule has 1 rings (SSSR count). The fourth-order valence-corrected chi connectivity index (χ4v) is 2.28. The van der Waals surface area contributed by atoms with Gasteiger partial charge in [-0.25, -0.2) is 0 Å². The van der Waals surface area contributed by atoms with Gasteiger partial charge in [-0.05, 0) is 32.0 Å². The van der Waals surface area contributed by atoms with Gasteiger partial charge in [-0.15, -0.1) is 12.4 Å². The molecule has 0 aliphatic rings. The minimum atomic E-state index is -0.00309. The van der Waals surface area contributed by atoms with Gasteiger partial charge in [0.1, 0.15) is 0 Å². The predicted octanol–water partition coefficient (Wildman–Crippen LogP) is 2.77. The van der Waals surface area contributed by atoms with Gasteiger partial charge in [0.25, 0.3) is 0 Å². The molecule has 2 unspecified atom stereocenters. The third-order valence-electron chi connectivity index (χ3n) is 2.83. The van der Waals surface area contributed by atoms with Gasteiger partial charge in [-0.2, -0.15) is 0 Å². The Morgan fingerprint density at radius 3 is 2.53 bits per heavy atom. The first-order chi connectivity index (χ1) is 8.54. The third kappa shape index (κ3) is 6.41. The van der Waals surface area contributed by atoms with Crippen LogP contribution in [-0.4, -0.2) is 25.5 Å². The van der Waals surface area contributed by atoms with Crippen LogP contribution in [0.1, 0.15) is 19.4 Å². The molecule has 5 heteroatoms. The van der Waals surface area contributed by atoms with Gasteiger partial charge in [0.15, 0.2) is 0 Å². The maximum Gasteiger partial charge on any atom is 0.224 e. The second-order valence-electron chi connectivity index (χ2n) is 4.66. The van der Waals surface area contributed by atoms with Crippen LogP contribution in [0.15, 0.2) is 28.7 Å². The van der Waals surface area contributed by atoms with Crippen molar-refractivity contribution >= 4 is 34.2 Å². The van der Waals surface area contributed by atoms with Crippen LogP contribution in [0.5, 0.6) is 0 Å². The van der Waals surface area contributed by atoms with Crippen LogP contribution >= 0.6 is 28.3 Å². The molecule has 2 N–H and O–H groups in total. The molecule has 1 aromatic carbocycles. The van der Waals surface area contributed by atoms with Crippen LogP contribution in [0.4, 0.5) is 0 Å². The van der Waals surface area contributed by atoms with E-state index in [1.807, 2.05) is 39.1 Å². The summed E-state index contributed by atoms with van der Waals surface area (Å²) in [5, 5.41) is 6.05. The van der Waals surface area contributed by atoms with E-state index in [2.05, 4.69) is 32.6 Å². The number of hydrogen-bond donors (Lipinski definition) is 2. The maximum absolute atomic E-state index is 11.9. The zero-order valence-corrected chi connectivity index (χ0v) is 14.0. The van der Waals surface area contributed by atoms with Crippen LogP contribution in [-0.2, 0) is 11.2 Å². The van der Waals surface area contributed by atoms with Crippen molar-refractivity contribution in [1.29, 1.82) is 0 Å². The lowest BCUT2D eigenvalue weighted by Crippen LogP contribution is -2.40. The molecule has 19 heavy (non-hydrogen) atoms. The molecule has 0 aliphatic carbocycles. The van der Waals surface area contributed by atoms with Crippen molar-refractivity contribution in [2.45, 2.75) is 26.3 Å². The Hall–Kier alpha value is -0.580. The number of rotatable bonds is 6. The molecule has 2 atom stereocenters. The fraction of sp³-hybridized carbons (Fsp3) is 0.500. The largest absolute Gasteiger partial charge is 0.353 e.